The summed E-state index contributed by atoms with van der Waals surface area (Å²) in [6, 6.07) is 7.60. The second kappa shape index (κ2) is 6.13. The van der Waals surface area contributed by atoms with Gasteiger partial charge in [0, 0.05) is 11.6 Å². The number of carbonyl (C=O) groups is 1. The molecule has 0 radical (unpaired) electrons. The minimum atomic E-state index is -0.435. The van der Waals surface area contributed by atoms with E-state index in [0.717, 1.165) is 0 Å². The highest BCUT2D eigenvalue weighted by atomic mass is 19.1. The zero-order valence-electron chi connectivity index (χ0n) is 12.6. The summed E-state index contributed by atoms with van der Waals surface area (Å²) in [5.74, 6) is -0.131. The lowest BCUT2D eigenvalue weighted by Crippen LogP contribution is -2.28. The summed E-state index contributed by atoms with van der Waals surface area (Å²) in [6.45, 7) is 2.03. The number of amides is 1. The molecule has 23 heavy (non-hydrogen) atoms. The molecule has 1 N–H and O–H groups in total. The third kappa shape index (κ3) is 2.90. The summed E-state index contributed by atoms with van der Waals surface area (Å²) in [6.07, 6.45) is 1.34. The molecule has 1 aliphatic rings. The molecule has 1 aliphatic heterocycles. The fourth-order valence-corrected chi connectivity index (χ4v) is 2.72. The number of nitrogens with one attached hydrogen (secondary N) is 1. The Morgan fingerprint density at radius 1 is 1.48 bits per heavy atom. The van der Waals surface area contributed by atoms with E-state index in [2.05, 4.69) is 5.32 Å². The average Bonchev–Trinajstić information content (AvgIpc) is 2.80. The number of nitrogens with zero attached hydrogens (tertiary/aromatic N) is 1. The van der Waals surface area contributed by atoms with E-state index < -0.39 is 5.82 Å². The predicted molar refractivity (Wildman–Crippen MR) is 79.5 cm³/mol. The van der Waals surface area contributed by atoms with Gasteiger partial charge in [-0.15, -0.1) is 0 Å². The highest BCUT2D eigenvalue weighted by Crippen LogP contribution is 2.33. The van der Waals surface area contributed by atoms with Crippen molar-refractivity contribution < 1.29 is 18.3 Å². The molecule has 5 nitrogen and oxygen atoms in total. The Hall–Kier alpha value is -2.81. The van der Waals surface area contributed by atoms with E-state index in [1.165, 1.54) is 12.1 Å². The lowest BCUT2D eigenvalue weighted by Gasteiger charge is -2.18. The number of hydrogen-bond donors (Lipinski definition) is 1. The quantitative estimate of drug-likeness (QED) is 0.923. The van der Waals surface area contributed by atoms with Crippen molar-refractivity contribution >= 4 is 5.91 Å². The van der Waals surface area contributed by atoms with Gasteiger partial charge in [0.2, 0.25) is 5.76 Å². The molecule has 2 heterocycles. The highest BCUT2D eigenvalue weighted by Gasteiger charge is 2.25. The maximum Gasteiger partial charge on any atom is 0.255 e. The molecule has 0 bridgehead atoms. The molecule has 0 fully saturated rings. The zero-order chi connectivity index (χ0) is 16.4. The first-order valence-corrected chi connectivity index (χ1v) is 7.32. The Labute approximate surface area is 132 Å². The molecule has 3 rings (SSSR count). The molecule has 0 spiro atoms. The Morgan fingerprint density at radius 2 is 2.30 bits per heavy atom. The Bertz CT molecular complexity index is 792. The summed E-state index contributed by atoms with van der Waals surface area (Å²) in [5.41, 5.74) is 0.933. The minimum Gasteiger partial charge on any atom is -0.490 e. The highest BCUT2D eigenvalue weighted by molar-refractivity contribution is 5.95. The van der Waals surface area contributed by atoms with Gasteiger partial charge in [0.1, 0.15) is 11.8 Å². The molecule has 1 atom stereocenters. The standard InChI is InChI=1S/C17H15FN2O3/c1-10-13(8-11(9-19)23-10)17(21)20-15-6-3-7-22-16-12(15)4-2-5-14(16)18/h2,4-5,8,15H,3,6-7H2,1H3,(H,20,21)/t15-/m1/s1. The first-order chi connectivity index (χ1) is 11.1. The van der Waals surface area contributed by atoms with Crippen LogP contribution in [0.15, 0.2) is 28.7 Å². The second-order valence-electron chi connectivity index (χ2n) is 5.37. The molecule has 1 aromatic heterocycles. The maximum atomic E-state index is 13.9. The summed E-state index contributed by atoms with van der Waals surface area (Å²) >= 11 is 0. The monoisotopic (exact) mass is 314 g/mol. The second-order valence-corrected chi connectivity index (χ2v) is 5.37. The summed E-state index contributed by atoms with van der Waals surface area (Å²) in [5, 5.41) is 11.7. The number of nitriles is 1. The Morgan fingerprint density at radius 3 is 3.04 bits per heavy atom. The number of benzene rings is 1. The molecule has 0 unspecified atom stereocenters. The molecule has 6 heteroatoms. The minimum absolute atomic E-state index is 0.0864. The Kier molecular flexibility index (Phi) is 4.02. The number of rotatable bonds is 2. The number of para-hydroxylation sites is 1. The van der Waals surface area contributed by atoms with Crippen LogP contribution < -0.4 is 10.1 Å². The van der Waals surface area contributed by atoms with Crippen molar-refractivity contribution in [2.75, 3.05) is 6.61 Å². The topological polar surface area (TPSA) is 75.3 Å². The van der Waals surface area contributed by atoms with Crippen molar-refractivity contribution in [2.24, 2.45) is 0 Å². The van der Waals surface area contributed by atoms with E-state index in [-0.39, 0.29) is 23.5 Å². The van der Waals surface area contributed by atoms with Crippen LogP contribution in [0, 0.1) is 24.1 Å². The summed E-state index contributed by atoms with van der Waals surface area (Å²) in [4.78, 5) is 12.5. The van der Waals surface area contributed by atoms with Crippen LogP contribution in [0.25, 0.3) is 0 Å². The van der Waals surface area contributed by atoms with Gasteiger partial charge in [-0.1, -0.05) is 12.1 Å². The fourth-order valence-electron chi connectivity index (χ4n) is 2.72. The van der Waals surface area contributed by atoms with Crippen LogP contribution in [0.4, 0.5) is 4.39 Å². The van der Waals surface area contributed by atoms with Gasteiger partial charge in [0.05, 0.1) is 18.2 Å². The van der Waals surface area contributed by atoms with Gasteiger partial charge < -0.3 is 14.5 Å². The number of ether oxygens (including phenoxy) is 1. The molecule has 1 amide bonds. The van der Waals surface area contributed by atoms with Crippen molar-refractivity contribution in [3.8, 4) is 11.8 Å². The van der Waals surface area contributed by atoms with Crippen molar-refractivity contribution in [2.45, 2.75) is 25.8 Å². The van der Waals surface area contributed by atoms with Crippen molar-refractivity contribution in [1.82, 2.24) is 5.32 Å². The molecular weight excluding hydrogens is 299 g/mol. The van der Waals surface area contributed by atoms with E-state index >= 15 is 0 Å². The van der Waals surface area contributed by atoms with Gasteiger partial charge in [-0.25, -0.2) is 4.39 Å². The smallest absolute Gasteiger partial charge is 0.255 e. The summed E-state index contributed by atoms with van der Waals surface area (Å²) in [7, 11) is 0. The van der Waals surface area contributed by atoms with E-state index in [1.54, 1.807) is 19.1 Å². The Balaban J connectivity index is 1.88. The molecule has 118 valence electrons. The van der Waals surface area contributed by atoms with Gasteiger partial charge in [0.15, 0.2) is 11.6 Å². The van der Waals surface area contributed by atoms with Crippen LogP contribution >= 0.6 is 0 Å². The van der Waals surface area contributed by atoms with E-state index in [1.807, 2.05) is 6.07 Å². The number of hydrogen-bond acceptors (Lipinski definition) is 4. The van der Waals surface area contributed by atoms with Gasteiger partial charge in [-0.05, 0) is 25.8 Å². The van der Waals surface area contributed by atoms with Gasteiger partial charge in [0.25, 0.3) is 5.91 Å². The normalized spacial score (nSPS) is 16.7. The zero-order valence-corrected chi connectivity index (χ0v) is 12.6. The van der Waals surface area contributed by atoms with E-state index in [9.17, 15) is 9.18 Å². The van der Waals surface area contributed by atoms with E-state index in [4.69, 9.17) is 14.4 Å². The molecular formula is C17H15FN2O3. The number of carbonyl (C=O) groups excluding carboxylic acids is 1. The summed E-state index contributed by atoms with van der Waals surface area (Å²) < 4.78 is 24.5. The number of aryl methyl sites for hydroxylation is 1. The fraction of sp³-hybridized carbons (Fsp3) is 0.294. The van der Waals surface area contributed by atoms with E-state index in [0.29, 0.717) is 36.3 Å². The van der Waals surface area contributed by atoms with Crippen LogP contribution in [0.2, 0.25) is 0 Å². The molecule has 0 saturated carbocycles. The first-order valence-electron chi connectivity index (χ1n) is 7.32. The molecule has 0 saturated heterocycles. The van der Waals surface area contributed by atoms with Crippen LogP contribution in [0.1, 0.15) is 46.3 Å². The number of fused-ring (bicyclic) bond motifs is 1. The van der Waals surface area contributed by atoms with Crippen LogP contribution in [0.3, 0.4) is 0 Å². The molecule has 2 aromatic rings. The first kappa shape index (κ1) is 15.1. The number of halogens is 1. The average molecular weight is 314 g/mol. The maximum absolute atomic E-state index is 13.9. The van der Waals surface area contributed by atoms with Gasteiger partial charge >= 0.3 is 0 Å². The lowest BCUT2D eigenvalue weighted by atomic mass is 10.0. The predicted octanol–water partition coefficient (Wildman–Crippen LogP) is 3.24. The van der Waals surface area contributed by atoms with Crippen LogP contribution in [0.5, 0.6) is 5.75 Å². The van der Waals surface area contributed by atoms with Crippen molar-refractivity contribution in [1.29, 1.82) is 5.26 Å². The van der Waals surface area contributed by atoms with Gasteiger partial charge in [-0.2, -0.15) is 5.26 Å². The van der Waals surface area contributed by atoms with Gasteiger partial charge in [-0.3, -0.25) is 4.79 Å². The van der Waals surface area contributed by atoms with Crippen LogP contribution in [-0.2, 0) is 0 Å². The van der Waals surface area contributed by atoms with Crippen molar-refractivity contribution in [3.63, 3.8) is 0 Å². The van der Waals surface area contributed by atoms with Crippen molar-refractivity contribution in [3.05, 3.63) is 52.7 Å². The van der Waals surface area contributed by atoms with Crippen LogP contribution in [-0.4, -0.2) is 12.5 Å². The lowest BCUT2D eigenvalue weighted by molar-refractivity contribution is 0.0933. The number of furan rings is 1. The third-order valence-corrected chi connectivity index (χ3v) is 3.83. The SMILES string of the molecule is Cc1oc(C#N)cc1C(=O)N[C@@H]1CCCOc2c(F)cccc21. The third-order valence-electron chi connectivity index (χ3n) is 3.83. The largest absolute Gasteiger partial charge is 0.490 e. The molecule has 1 aromatic carbocycles. The molecule has 0 aliphatic carbocycles.